The molecule has 1 aliphatic heterocycles. The summed E-state index contributed by atoms with van der Waals surface area (Å²) < 4.78 is 6.82. The largest absolute Gasteiger partial charge is 0.423 e. The van der Waals surface area contributed by atoms with Gasteiger partial charge in [-0.05, 0) is 30.3 Å². The quantitative estimate of drug-likeness (QED) is 0.576. The number of nitrogens with zero attached hydrogens (tertiary/aromatic N) is 4. The zero-order chi connectivity index (χ0) is 18.4. The first-order valence-electron chi connectivity index (χ1n) is 8.73. The van der Waals surface area contributed by atoms with Gasteiger partial charge in [0.15, 0.2) is 10.7 Å². The number of nitrogens with two attached hydrogens (primary N) is 1. The number of amides is 1. The Balaban J connectivity index is 1.30. The van der Waals surface area contributed by atoms with E-state index in [4.69, 9.17) is 10.2 Å². The van der Waals surface area contributed by atoms with E-state index >= 15 is 0 Å². The van der Waals surface area contributed by atoms with Crippen molar-refractivity contribution < 1.29 is 9.21 Å². The lowest BCUT2D eigenvalue weighted by atomic mass is 10.1. The minimum atomic E-state index is 0.0145. The molecule has 5 rings (SSSR count). The molecular formula is C19H17N5O2S. The summed E-state index contributed by atoms with van der Waals surface area (Å²) in [7, 11) is 0. The van der Waals surface area contributed by atoms with Crippen molar-refractivity contribution in [1.82, 2.24) is 14.9 Å². The van der Waals surface area contributed by atoms with E-state index in [2.05, 4.69) is 14.9 Å². The summed E-state index contributed by atoms with van der Waals surface area (Å²) in [6, 6.07) is 13.9. The third-order valence-corrected chi connectivity index (χ3v) is 5.64. The first-order valence-corrected chi connectivity index (χ1v) is 9.55. The maximum atomic E-state index is 12.8. The van der Waals surface area contributed by atoms with E-state index in [0.717, 1.165) is 21.3 Å². The van der Waals surface area contributed by atoms with Crippen LogP contribution in [0.5, 0.6) is 0 Å². The molecule has 4 aromatic rings. The molecule has 136 valence electrons. The first-order chi connectivity index (χ1) is 13.2. The van der Waals surface area contributed by atoms with Gasteiger partial charge in [0.1, 0.15) is 5.52 Å². The number of anilines is 2. The van der Waals surface area contributed by atoms with Crippen molar-refractivity contribution in [2.75, 3.05) is 36.8 Å². The highest BCUT2D eigenvalue weighted by Gasteiger charge is 2.25. The van der Waals surface area contributed by atoms with Crippen LogP contribution in [0.25, 0.3) is 21.3 Å². The average Bonchev–Trinajstić information content (AvgIpc) is 3.29. The van der Waals surface area contributed by atoms with E-state index in [9.17, 15) is 4.79 Å². The van der Waals surface area contributed by atoms with Crippen molar-refractivity contribution in [2.24, 2.45) is 0 Å². The van der Waals surface area contributed by atoms with Crippen LogP contribution in [0.2, 0.25) is 0 Å². The fraction of sp³-hybridized carbons (Fsp3) is 0.211. The predicted molar refractivity (Wildman–Crippen MR) is 106 cm³/mol. The van der Waals surface area contributed by atoms with E-state index in [1.807, 2.05) is 47.4 Å². The lowest BCUT2D eigenvalue weighted by Gasteiger charge is -2.33. The summed E-state index contributed by atoms with van der Waals surface area (Å²) in [6.45, 7) is 2.61. The zero-order valence-corrected chi connectivity index (χ0v) is 15.3. The maximum absolute atomic E-state index is 12.8. The molecule has 27 heavy (non-hydrogen) atoms. The molecule has 1 fully saturated rings. The number of benzene rings is 2. The number of para-hydroxylation sites is 2. The van der Waals surface area contributed by atoms with Crippen molar-refractivity contribution in [1.29, 1.82) is 0 Å². The second-order valence-electron chi connectivity index (χ2n) is 6.48. The molecule has 7 nitrogen and oxygen atoms in total. The molecule has 3 heterocycles. The molecule has 2 N–H and O–H groups in total. The van der Waals surface area contributed by atoms with Crippen LogP contribution in [-0.2, 0) is 0 Å². The summed E-state index contributed by atoms with van der Waals surface area (Å²) in [5.41, 5.74) is 8.79. The van der Waals surface area contributed by atoms with Gasteiger partial charge in [-0.25, -0.2) is 4.98 Å². The van der Waals surface area contributed by atoms with Gasteiger partial charge in [-0.1, -0.05) is 23.5 Å². The Kier molecular flexibility index (Phi) is 3.71. The molecule has 1 saturated heterocycles. The minimum Gasteiger partial charge on any atom is -0.423 e. The maximum Gasteiger partial charge on any atom is 0.298 e. The molecule has 0 bridgehead atoms. The van der Waals surface area contributed by atoms with Crippen LogP contribution < -0.4 is 10.6 Å². The second kappa shape index (κ2) is 6.24. The molecular weight excluding hydrogens is 362 g/mol. The number of carbonyl (C=O) groups is 1. The summed E-state index contributed by atoms with van der Waals surface area (Å²) in [5.74, 6) is 0.0145. The molecule has 0 aliphatic carbocycles. The Labute approximate surface area is 159 Å². The summed E-state index contributed by atoms with van der Waals surface area (Å²) in [6.07, 6.45) is 0. The topological polar surface area (TPSA) is 88.5 Å². The Morgan fingerprint density at radius 3 is 2.67 bits per heavy atom. The van der Waals surface area contributed by atoms with E-state index < -0.39 is 0 Å². The predicted octanol–water partition coefficient (Wildman–Crippen LogP) is 2.98. The lowest BCUT2D eigenvalue weighted by molar-refractivity contribution is 0.0745. The van der Waals surface area contributed by atoms with Crippen molar-refractivity contribution in [3.05, 3.63) is 48.0 Å². The van der Waals surface area contributed by atoms with Gasteiger partial charge in [-0.3, -0.25) is 4.79 Å². The van der Waals surface area contributed by atoms with Gasteiger partial charge in [-0.2, -0.15) is 4.98 Å². The molecule has 2 aromatic heterocycles. The highest BCUT2D eigenvalue weighted by atomic mass is 32.1. The highest BCUT2D eigenvalue weighted by molar-refractivity contribution is 7.22. The molecule has 0 unspecified atom stereocenters. The van der Waals surface area contributed by atoms with Crippen LogP contribution in [-0.4, -0.2) is 47.0 Å². The first kappa shape index (κ1) is 16.1. The van der Waals surface area contributed by atoms with Gasteiger partial charge in [0.2, 0.25) is 0 Å². The van der Waals surface area contributed by atoms with Crippen LogP contribution in [0, 0.1) is 0 Å². The number of aromatic nitrogens is 2. The van der Waals surface area contributed by atoms with Gasteiger partial charge in [0, 0.05) is 31.7 Å². The summed E-state index contributed by atoms with van der Waals surface area (Å²) >= 11 is 1.43. The Morgan fingerprint density at radius 1 is 1.04 bits per heavy atom. The number of hydrogen-bond donors (Lipinski definition) is 1. The smallest absolute Gasteiger partial charge is 0.298 e. The van der Waals surface area contributed by atoms with Crippen LogP contribution in [0.1, 0.15) is 10.4 Å². The molecule has 2 aromatic carbocycles. The molecule has 0 saturated carbocycles. The number of rotatable bonds is 2. The van der Waals surface area contributed by atoms with Gasteiger partial charge < -0.3 is 20.0 Å². The number of fused-ring (bicyclic) bond motifs is 2. The zero-order valence-electron chi connectivity index (χ0n) is 14.5. The lowest BCUT2D eigenvalue weighted by Crippen LogP contribution is -2.48. The minimum absolute atomic E-state index is 0.0145. The standard InChI is InChI=1S/C19H17N5O2S/c20-18-21-14-11-12(5-6-16(14)27-18)17(25)23-7-9-24(10-8-23)19-22-13-3-1-2-4-15(13)26-19/h1-6,11H,7-10H2,(H2,20,21). The SMILES string of the molecule is Nc1nc2cc(C(=O)N3CCN(c4nc5ccccc5o4)CC3)ccc2s1. The fourth-order valence-electron chi connectivity index (χ4n) is 3.36. The molecule has 1 aliphatic rings. The van der Waals surface area contributed by atoms with Crippen LogP contribution in [0.4, 0.5) is 11.1 Å². The normalized spacial score (nSPS) is 15.0. The molecule has 1 amide bonds. The van der Waals surface area contributed by atoms with Crippen molar-refractivity contribution in [3.63, 3.8) is 0 Å². The van der Waals surface area contributed by atoms with Crippen LogP contribution in [0.3, 0.4) is 0 Å². The van der Waals surface area contributed by atoms with Crippen molar-refractivity contribution in [3.8, 4) is 0 Å². The summed E-state index contributed by atoms with van der Waals surface area (Å²) in [5, 5.41) is 0.515. The Morgan fingerprint density at radius 2 is 1.85 bits per heavy atom. The van der Waals surface area contributed by atoms with E-state index in [1.54, 1.807) is 0 Å². The number of piperazine rings is 1. The third-order valence-electron chi connectivity index (χ3n) is 4.77. The number of thiazole rings is 1. The monoisotopic (exact) mass is 379 g/mol. The molecule has 0 spiro atoms. The Bertz CT molecular complexity index is 1110. The van der Waals surface area contributed by atoms with Crippen LogP contribution in [0.15, 0.2) is 46.9 Å². The van der Waals surface area contributed by atoms with E-state index in [0.29, 0.717) is 42.9 Å². The van der Waals surface area contributed by atoms with Gasteiger partial charge in [0.05, 0.1) is 10.2 Å². The van der Waals surface area contributed by atoms with Gasteiger partial charge in [0.25, 0.3) is 11.9 Å². The second-order valence-corrected chi connectivity index (χ2v) is 7.54. The average molecular weight is 379 g/mol. The van der Waals surface area contributed by atoms with Gasteiger partial charge in [-0.15, -0.1) is 0 Å². The highest BCUT2D eigenvalue weighted by Crippen LogP contribution is 2.26. The van der Waals surface area contributed by atoms with Gasteiger partial charge >= 0.3 is 0 Å². The van der Waals surface area contributed by atoms with Crippen molar-refractivity contribution in [2.45, 2.75) is 0 Å². The number of nitrogen functional groups attached to an aromatic ring is 1. The summed E-state index contributed by atoms with van der Waals surface area (Å²) in [4.78, 5) is 25.6. The van der Waals surface area contributed by atoms with Crippen LogP contribution >= 0.6 is 11.3 Å². The third kappa shape index (κ3) is 2.87. The fourth-order valence-corrected chi connectivity index (χ4v) is 4.07. The Hall–Kier alpha value is -3.13. The molecule has 8 heteroatoms. The van der Waals surface area contributed by atoms with E-state index in [-0.39, 0.29) is 5.91 Å². The number of hydrogen-bond acceptors (Lipinski definition) is 7. The number of carbonyl (C=O) groups excluding carboxylic acids is 1. The molecule has 0 atom stereocenters. The molecule has 0 radical (unpaired) electrons. The van der Waals surface area contributed by atoms with Crippen molar-refractivity contribution >= 4 is 49.7 Å². The van der Waals surface area contributed by atoms with E-state index in [1.165, 1.54) is 11.3 Å². The number of oxazole rings is 1.